The molecule has 0 saturated carbocycles. The minimum absolute atomic E-state index is 0.0175. The Balaban J connectivity index is 1.94. The van der Waals surface area contributed by atoms with Crippen molar-refractivity contribution >= 4 is 5.69 Å². The van der Waals surface area contributed by atoms with Gasteiger partial charge < -0.3 is 10.1 Å². The Morgan fingerprint density at radius 3 is 2.35 bits per heavy atom. The summed E-state index contributed by atoms with van der Waals surface area (Å²) in [4.78, 5) is 0. The van der Waals surface area contributed by atoms with Crippen molar-refractivity contribution in [3.8, 4) is 11.8 Å². The first kappa shape index (κ1) is 15.4. The van der Waals surface area contributed by atoms with E-state index in [9.17, 15) is 5.26 Å². The fourth-order valence-electron chi connectivity index (χ4n) is 3.10. The molecule has 0 spiro atoms. The average molecular weight is 306 g/mol. The number of ether oxygens (including phenoxy) is 1. The maximum atomic E-state index is 9.63. The van der Waals surface area contributed by atoms with Crippen LogP contribution in [0.2, 0.25) is 0 Å². The molecule has 3 heteroatoms. The van der Waals surface area contributed by atoms with Crippen LogP contribution >= 0.6 is 0 Å². The summed E-state index contributed by atoms with van der Waals surface area (Å²) >= 11 is 0. The number of anilines is 1. The van der Waals surface area contributed by atoms with E-state index in [0.29, 0.717) is 0 Å². The van der Waals surface area contributed by atoms with Gasteiger partial charge in [-0.3, -0.25) is 0 Å². The molecule has 118 valence electrons. The smallest absolute Gasteiger partial charge is 0.120 e. The maximum absolute atomic E-state index is 9.63. The van der Waals surface area contributed by atoms with Crippen LogP contribution in [0.15, 0.2) is 42.5 Å². The standard InChI is InChI=1S/C20H22N2O/c1-20(2,3)14-7-5-13(6-8-14)19-17(12-21)16-10-9-15(23-4)11-18(16)22-19/h5-11,17,19,22H,1-4H3. The van der Waals surface area contributed by atoms with Gasteiger partial charge in [0.25, 0.3) is 0 Å². The summed E-state index contributed by atoms with van der Waals surface area (Å²) in [6, 6.07) is 16.9. The zero-order valence-electron chi connectivity index (χ0n) is 14.1. The number of rotatable bonds is 2. The minimum atomic E-state index is -0.184. The first-order valence-electron chi connectivity index (χ1n) is 7.88. The quantitative estimate of drug-likeness (QED) is 0.869. The molecule has 23 heavy (non-hydrogen) atoms. The van der Waals surface area contributed by atoms with Crippen LogP contribution in [0.1, 0.15) is 49.4 Å². The Morgan fingerprint density at radius 1 is 1.09 bits per heavy atom. The van der Waals surface area contributed by atoms with Gasteiger partial charge in [-0.25, -0.2) is 0 Å². The summed E-state index contributed by atoms with van der Waals surface area (Å²) in [7, 11) is 1.65. The summed E-state index contributed by atoms with van der Waals surface area (Å²) in [5.41, 5.74) is 4.60. The molecule has 1 N–H and O–H groups in total. The second kappa shape index (κ2) is 5.62. The van der Waals surface area contributed by atoms with Crippen molar-refractivity contribution in [3.05, 3.63) is 59.2 Å². The molecule has 1 aliphatic heterocycles. The second-order valence-corrected chi connectivity index (χ2v) is 7.05. The van der Waals surface area contributed by atoms with Crippen molar-refractivity contribution in [2.24, 2.45) is 0 Å². The molecular weight excluding hydrogens is 284 g/mol. The summed E-state index contributed by atoms with van der Waals surface area (Å²) in [6.45, 7) is 6.61. The molecule has 1 heterocycles. The predicted molar refractivity (Wildman–Crippen MR) is 92.9 cm³/mol. The van der Waals surface area contributed by atoms with E-state index in [-0.39, 0.29) is 17.4 Å². The van der Waals surface area contributed by atoms with Crippen LogP contribution in [0.25, 0.3) is 0 Å². The number of fused-ring (bicyclic) bond motifs is 1. The fraction of sp³-hybridized carbons (Fsp3) is 0.350. The van der Waals surface area contributed by atoms with Gasteiger partial charge >= 0.3 is 0 Å². The highest BCUT2D eigenvalue weighted by Gasteiger charge is 2.33. The Labute approximate surface area is 137 Å². The lowest BCUT2D eigenvalue weighted by Gasteiger charge is -2.21. The van der Waals surface area contributed by atoms with Crippen molar-refractivity contribution in [3.63, 3.8) is 0 Å². The molecule has 2 aromatic rings. The minimum Gasteiger partial charge on any atom is -0.497 e. The SMILES string of the molecule is COc1ccc2c(c1)NC(c1ccc(C(C)(C)C)cc1)C2C#N. The van der Waals surface area contributed by atoms with E-state index in [2.05, 4.69) is 56.4 Å². The lowest BCUT2D eigenvalue weighted by Crippen LogP contribution is -2.13. The number of hydrogen-bond acceptors (Lipinski definition) is 3. The Bertz CT molecular complexity index is 751. The van der Waals surface area contributed by atoms with Crippen LogP contribution in [0.5, 0.6) is 5.75 Å². The van der Waals surface area contributed by atoms with Gasteiger partial charge in [0.1, 0.15) is 5.75 Å². The summed E-state index contributed by atoms with van der Waals surface area (Å²) in [5, 5.41) is 13.1. The Hall–Kier alpha value is -2.47. The van der Waals surface area contributed by atoms with Crippen LogP contribution in [0.4, 0.5) is 5.69 Å². The molecule has 0 aliphatic carbocycles. The van der Waals surface area contributed by atoms with Gasteiger partial charge in [-0.2, -0.15) is 5.26 Å². The fourth-order valence-corrected chi connectivity index (χ4v) is 3.10. The normalized spacial score (nSPS) is 19.6. The second-order valence-electron chi connectivity index (χ2n) is 7.05. The van der Waals surface area contributed by atoms with Gasteiger partial charge in [0.2, 0.25) is 0 Å². The first-order valence-corrected chi connectivity index (χ1v) is 7.88. The van der Waals surface area contributed by atoms with E-state index >= 15 is 0 Å². The maximum Gasteiger partial charge on any atom is 0.120 e. The molecule has 2 atom stereocenters. The predicted octanol–water partition coefficient (Wildman–Crippen LogP) is 4.77. The zero-order chi connectivity index (χ0) is 16.6. The van der Waals surface area contributed by atoms with Gasteiger partial charge in [-0.15, -0.1) is 0 Å². The van der Waals surface area contributed by atoms with Crippen LogP contribution in [-0.4, -0.2) is 7.11 Å². The van der Waals surface area contributed by atoms with Gasteiger partial charge in [0, 0.05) is 11.8 Å². The third-order valence-electron chi connectivity index (χ3n) is 4.51. The van der Waals surface area contributed by atoms with E-state index in [1.54, 1.807) is 7.11 Å². The summed E-state index contributed by atoms with van der Waals surface area (Å²) in [6.07, 6.45) is 0. The van der Waals surface area contributed by atoms with Gasteiger partial charge in [-0.05, 0) is 28.2 Å². The molecule has 0 radical (unpaired) electrons. The number of nitriles is 1. The van der Waals surface area contributed by atoms with Crippen LogP contribution in [-0.2, 0) is 5.41 Å². The van der Waals surface area contributed by atoms with Crippen LogP contribution in [0, 0.1) is 11.3 Å². The summed E-state index contributed by atoms with van der Waals surface area (Å²) < 4.78 is 5.28. The monoisotopic (exact) mass is 306 g/mol. The molecular formula is C20H22N2O. The number of nitrogens with zero attached hydrogens (tertiary/aromatic N) is 1. The number of benzene rings is 2. The largest absolute Gasteiger partial charge is 0.497 e. The van der Waals surface area contributed by atoms with E-state index in [1.807, 2.05) is 18.2 Å². The van der Waals surface area contributed by atoms with Gasteiger partial charge in [0.15, 0.2) is 0 Å². The third-order valence-corrected chi connectivity index (χ3v) is 4.51. The molecule has 3 nitrogen and oxygen atoms in total. The Morgan fingerprint density at radius 2 is 1.78 bits per heavy atom. The van der Waals surface area contributed by atoms with Crippen molar-refractivity contribution < 1.29 is 4.74 Å². The molecule has 3 rings (SSSR count). The average Bonchev–Trinajstić information content (AvgIpc) is 2.91. The molecule has 2 unspecified atom stereocenters. The van der Waals surface area contributed by atoms with Gasteiger partial charge in [0.05, 0.1) is 25.1 Å². The molecule has 1 aliphatic rings. The molecule has 0 saturated heterocycles. The molecule has 0 amide bonds. The molecule has 0 bridgehead atoms. The third kappa shape index (κ3) is 2.77. The van der Waals surface area contributed by atoms with E-state index < -0.39 is 0 Å². The van der Waals surface area contributed by atoms with Crippen molar-refractivity contribution in [1.82, 2.24) is 0 Å². The first-order chi connectivity index (χ1) is 10.9. The van der Waals surface area contributed by atoms with Crippen molar-refractivity contribution in [2.75, 3.05) is 12.4 Å². The highest BCUT2D eigenvalue weighted by atomic mass is 16.5. The number of nitrogens with one attached hydrogen (secondary N) is 1. The zero-order valence-corrected chi connectivity index (χ0v) is 14.1. The highest BCUT2D eigenvalue weighted by molar-refractivity contribution is 5.65. The summed E-state index contributed by atoms with van der Waals surface area (Å²) in [5.74, 6) is 0.619. The lowest BCUT2D eigenvalue weighted by atomic mass is 9.85. The van der Waals surface area contributed by atoms with E-state index in [0.717, 1.165) is 22.6 Å². The Kier molecular flexibility index (Phi) is 3.77. The number of hydrogen-bond donors (Lipinski definition) is 1. The van der Waals surface area contributed by atoms with Gasteiger partial charge in [-0.1, -0.05) is 51.1 Å². The number of methoxy groups -OCH3 is 1. The molecule has 0 fully saturated rings. The lowest BCUT2D eigenvalue weighted by molar-refractivity contribution is 0.415. The van der Waals surface area contributed by atoms with Crippen LogP contribution in [0.3, 0.4) is 0 Å². The molecule has 2 aromatic carbocycles. The topological polar surface area (TPSA) is 45.0 Å². The van der Waals surface area contributed by atoms with E-state index in [4.69, 9.17) is 4.74 Å². The highest BCUT2D eigenvalue weighted by Crippen LogP contribution is 2.45. The van der Waals surface area contributed by atoms with Crippen LogP contribution < -0.4 is 10.1 Å². The van der Waals surface area contributed by atoms with E-state index in [1.165, 1.54) is 5.56 Å². The molecule has 0 aromatic heterocycles. The van der Waals surface area contributed by atoms with Crippen molar-refractivity contribution in [1.29, 1.82) is 5.26 Å². The van der Waals surface area contributed by atoms with Crippen molar-refractivity contribution in [2.45, 2.75) is 38.1 Å².